The normalized spacial score (nSPS) is 19.2. The first-order valence-corrected chi connectivity index (χ1v) is 14.1. The van der Waals surface area contributed by atoms with Crippen molar-refractivity contribution in [2.75, 3.05) is 19.7 Å². The largest absolute Gasteiger partial charge is 0.473 e. The summed E-state index contributed by atoms with van der Waals surface area (Å²) in [7, 11) is 0. The topological polar surface area (TPSA) is 65.3 Å². The Labute approximate surface area is 232 Å². The number of piperidine rings is 1. The van der Waals surface area contributed by atoms with Gasteiger partial charge in [0.2, 0.25) is 5.88 Å². The average Bonchev–Trinajstić information content (AvgIpc) is 3.28. The molecule has 0 aliphatic carbocycles. The van der Waals surface area contributed by atoms with Gasteiger partial charge < -0.3 is 14.0 Å². The zero-order chi connectivity index (χ0) is 26.9. The van der Waals surface area contributed by atoms with Crippen LogP contribution in [0.2, 0.25) is 5.02 Å². The van der Waals surface area contributed by atoms with Gasteiger partial charge in [0, 0.05) is 40.6 Å². The van der Waals surface area contributed by atoms with E-state index in [9.17, 15) is 4.39 Å². The monoisotopic (exact) mass is 549 g/mol. The molecule has 204 valence electrons. The lowest BCUT2D eigenvalue weighted by Crippen LogP contribution is -2.37. The van der Waals surface area contributed by atoms with E-state index in [4.69, 9.17) is 36.0 Å². The number of rotatable bonds is 8. The molecular formula is C30H33ClFN5O2. The molecule has 2 atom stereocenters. The van der Waals surface area contributed by atoms with Gasteiger partial charge in [-0.05, 0) is 82.6 Å². The average molecular weight is 550 g/mol. The number of benzene rings is 1. The molecule has 2 aliphatic heterocycles. The molecule has 1 aromatic carbocycles. The van der Waals surface area contributed by atoms with Gasteiger partial charge in [0.25, 0.3) is 0 Å². The predicted octanol–water partition coefficient (Wildman–Crippen LogP) is 6.24. The van der Waals surface area contributed by atoms with Crippen LogP contribution in [0, 0.1) is 12.7 Å². The second-order valence-corrected chi connectivity index (χ2v) is 11.0. The number of fused-ring (bicyclic) bond motifs is 1. The summed E-state index contributed by atoms with van der Waals surface area (Å²) in [4.78, 5) is 17.1. The number of halogens is 2. The summed E-state index contributed by atoms with van der Waals surface area (Å²) in [6.07, 6.45) is 3.30. The molecule has 0 amide bonds. The van der Waals surface area contributed by atoms with Crippen molar-refractivity contribution in [1.29, 1.82) is 0 Å². The number of imidazole rings is 1. The van der Waals surface area contributed by atoms with Crippen molar-refractivity contribution in [2.45, 2.75) is 64.3 Å². The summed E-state index contributed by atoms with van der Waals surface area (Å²) in [5.41, 5.74) is 4.31. The molecule has 9 heteroatoms. The van der Waals surface area contributed by atoms with Crippen LogP contribution in [-0.2, 0) is 17.9 Å². The molecule has 7 nitrogen and oxygen atoms in total. The van der Waals surface area contributed by atoms with Gasteiger partial charge in [-0.15, -0.1) is 0 Å². The van der Waals surface area contributed by atoms with E-state index in [2.05, 4.69) is 28.5 Å². The number of hydrogen-bond acceptors (Lipinski definition) is 6. The molecule has 0 spiro atoms. The zero-order valence-corrected chi connectivity index (χ0v) is 23.1. The highest BCUT2D eigenvalue weighted by atomic mass is 35.5. The molecule has 0 saturated carbocycles. The molecule has 4 aromatic rings. The quantitative estimate of drug-likeness (QED) is 0.259. The molecule has 0 radical (unpaired) electrons. The standard InChI is InChI=1S/C30H33ClFN5O2/c1-19-6-9-27-30(33-19)37(17-24-12-15-38-24)29(35-27)20(2)36-13-10-21(11-14-36)26-4-3-5-28(34-26)39-18-22-16-23(31)7-8-25(22)32/h3-9,16,20-21,24H,10-15,17-18H2,1-2H3. The number of likely N-dealkylation sites (tertiary alicyclic amines) is 1. The maximum Gasteiger partial charge on any atom is 0.213 e. The lowest BCUT2D eigenvalue weighted by atomic mass is 9.92. The maximum absolute atomic E-state index is 14.1. The van der Waals surface area contributed by atoms with E-state index in [1.807, 2.05) is 25.1 Å². The summed E-state index contributed by atoms with van der Waals surface area (Å²) in [6, 6.07) is 14.6. The minimum atomic E-state index is -0.336. The van der Waals surface area contributed by atoms with Gasteiger partial charge in [-0.1, -0.05) is 17.7 Å². The maximum atomic E-state index is 14.1. The summed E-state index contributed by atoms with van der Waals surface area (Å²) >= 11 is 6.01. The molecule has 0 N–H and O–H groups in total. The van der Waals surface area contributed by atoms with Gasteiger partial charge >= 0.3 is 0 Å². The summed E-state index contributed by atoms with van der Waals surface area (Å²) in [5.74, 6) is 1.55. The Morgan fingerprint density at radius 1 is 1.08 bits per heavy atom. The molecule has 2 unspecified atom stereocenters. The van der Waals surface area contributed by atoms with Crippen molar-refractivity contribution in [3.8, 4) is 5.88 Å². The van der Waals surface area contributed by atoms with Gasteiger partial charge in [-0.25, -0.2) is 19.3 Å². The van der Waals surface area contributed by atoms with Crippen molar-refractivity contribution in [3.63, 3.8) is 0 Å². The Morgan fingerprint density at radius 2 is 1.90 bits per heavy atom. The Hall–Kier alpha value is -3.07. The highest BCUT2D eigenvalue weighted by Gasteiger charge is 2.30. The van der Waals surface area contributed by atoms with Crippen LogP contribution in [0.5, 0.6) is 5.88 Å². The van der Waals surface area contributed by atoms with E-state index >= 15 is 0 Å². The molecular weight excluding hydrogens is 517 g/mol. The van der Waals surface area contributed by atoms with Gasteiger partial charge in [0.1, 0.15) is 23.8 Å². The lowest BCUT2D eigenvalue weighted by molar-refractivity contribution is -0.0595. The zero-order valence-electron chi connectivity index (χ0n) is 22.3. The SMILES string of the molecule is Cc1ccc2nc(C(C)N3CCC(c4cccc(OCc5cc(Cl)ccc5F)n4)CC3)n(CC3CCO3)c2n1. The molecule has 0 bridgehead atoms. The van der Waals surface area contributed by atoms with Gasteiger partial charge in [-0.3, -0.25) is 4.90 Å². The fraction of sp³-hybridized carbons (Fsp3) is 0.433. The highest BCUT2D eigenvalue weighted by Crippen LogP contribution is 2.33. The van der Waals surface area contributed by atoms with Crippen LogP contribution >= 0.6 is 11.6 Å². The van der Waals surface area contributed by atoms with Crippen LogP contribution < -0.4 is 4.74 Å². The van der Waals surface area contributed by atoms with Crippen LogP contribution in [0.15, 0.2) is 48.5 Å². The minimum Gasteiger partial charge on any atom is -0.473 e. The number of aryl methyl sites for hydroxylation is 1. The second kappa shape index (κ2) is 11.2. The first kappa shape index (κ1) is 26.2. The Morgan fingerprint density at radius 3 is 2.67 bits per heavy atom. The third-order valence-electron chi connectivity index (χ3n) is 7.94. The van der Waals surface area contributed by atoms with Crippen LogP contribution in [0.3, 0.4) is 0 Å². The number of pyridine rings is 2. The van der Waals surface area contributed by atoms with Gasteiger partial charge in [0.05, 0.1) is 18.7 Å². The molecule has 39 heavy (non-hydrogen) atoms. The number of hydrogen-bond donors (Lipinski definition) is 0. The minimum absolute atomic E-state index is 0.0834. The third-order valence-corrected chi connectivity index (χ3v) is 8.17. The Kier molecular flexibility index (Phi) is 7.51. The molecule has 5 heterocycles. The van der Waals surface area contributed by atoms with Crippen molar-refractivity contribution >= 4 is 22.8 Å². The van der Waals surface area contributed by atoms with Gasteiger partial charge in [-0.2, -0.15) is 0 Å². The Balaban J connectivity index is 1.12. The molecule has 2 fully saturated rings. The fourth-order valence-corrected chi connectivity index (χ4v) is 5.73. The van der Waals surface area contributed by atoms with E-state index in [0.29, 0.717) is 22.4 Å². The van der Waals surface area contributed by atoms with E-state index in [1.54, 1.807) is 6.07 Å². The smallest absolute Gasteiger partial charge is 0.213 e. The number of ether oxygens (including phenoxy) is 2. The van der Waals surface area contributed by atoms with Crippen molar-refractivity contribution in [1.82, 2.24) is 24.4 Å². The van der Waals surface area contributed by atoms with E-state index in [0.717, 1.165) is 73.9 Å². The van der Waals surface area contributed by atoms with Crippen molar-refractivity contribution in [3.05, 3.63) is 82.1 Å². The summed E-state index contributed by atoms with van der Waals surface area (Å²) in [6.45, 7) is 7.87. The molecule has 3 aromatic heterocycles. The molecule has 2 saturated heterocycles. The summed E-state index contributed by atoms with van der Waals surface area (Å²) in [5, 5.41) is 0.482. The third kappa shape index (κ3) is 5.64. The van der Waals surface area contributed by atoms with Crippen LogP contribution in [0.25, 0.3) is 11.2 Å². The van der Waals surface area contributed by atoms with Crippen molar-refractivity contribution in [2.24, 2.45) is 0 Å². The van der Waals surface area contributed by atoms with Crippen LogP contribution in [0.4, 0.5) is 4.39 Å². The highest BCUT2D eigenvalue weighted by molar-refractivity contribution is 6.30. The summed E-state index contributed by atoms with van der Waals surface area (Å²) < 4.78 is 27.9. The molecule has 6 rings (SSSR count). The Bertz CT molecular complexity index is 1470. The fourth-order valence-electron chi connectivity index (χ4n) is 5.53. The first-order chi connectivity index (χ1) is 18.9. The molecule has 2 aliphatic rings. The van der Waals surface area contributed by atoms with E-state index in [1.165, 1.54) is 12.1 Å². The van der Waals surface area contributed by atoms with Crippen LogP contribution in [0.1, 0.15) is 60.9 Å². The van der Waals surface area contributed by atoms with Crippen molar-refractivity contribution < 1.29 is 13.9 Å². The second-order valence-electron chi connectivity index (χ2n) is 10.6. The van der Waals surface area contributed by atoms with E-state index in [-0.39, 0.29) is 24.6 Å². The van der Waals surface area contributed by atoms with E-state index < -0.39 is 0 Å². The van der Waals surface area contributed by atoms with Crippen LogP contribution in [-0.4, -0.2) is 50.2 Å². The number of aromatic nitrogens is 4. The predicted molar refractivity (Wildman–Crippen MR) is 149 cm³/mol. The lowest BCUT2D eigenvalue weighted by Gasteiger charge is -2.36. The number of nitrogens with zero attached hydrogens (tertiary/aromatic N) is 5. The van der Waals surface area contributed by atoms with Gasteiger partial charge in [0.15, 0.2) is 5.65 Å². The first-order valence-electron chi connectivity index (χ1n) is 13.7.